The molecule has 2 N–H and O–H groups in total. The molecule has 0 aliphatic heterocycles. The molecule has 0 heterocycles. The van der Waals surface area contributed by atoms with Gasteiger partial charge in [-0.05, 0) is 37.5 Å². The second-order valence-corrected chi connectivity index (χ2v) is 4.43. The highest BCUT2D eigenvalue weighted by Crippen LogP contribution is 2.18. The zero-order chi connectivity index (χ0) is 10.7. The summed E-state index contributed by atoms with van der Waals surface area (Å²) >= 11 is 5.22. The Labute approximate surface area is 96.1 Å². The van der Waals surface area contributed by atoms with E-state index in [0.29, 0.717) is 6.04 Å². The smallest absolute Gasteiger partial charge is 0.166 e. The normalized spacial score (nSPS) is 16.9. The second kappa shape index (κ2) is 4.62. The van der Waals surface area contributed by atoms with Gasteiger partial charge in [-0.25, -0.2) is 0 Å². The molecule has 0 spiro atoms. The van der Waals surface area contributed by atoms with Crippen molar-refractivity contribution in [1.82, 2.24) is 10.6 Å². The van der Waals surface area contributed by atoms with Crippen molar-refractivity contribution in [2.75, 3.05) is 0 Å². The molecule has 1 aromatic carbocycles. The molecule has 0 unspecified atom stereocenters. The molecule has 1 saturated carbocycles. The monoisotopic (exact) mass is 220 g/mol. The predicted molar refractivity (Wildman–Crippen MR) is 66.7 cm³/mol. The summed E-state index contributed by atoms with van der Waals surface area (Å²) in [6.45, 7) is 2.12. The third-order valence-electron chi connectivity index (χ3n) is 2.56. The van der Waals surface area contributed by atoms with E-state index < -0.39 is 0 Å². The maximum absolute atomic E-state index is 5.22. The summed E-state index contributed by atoms with van der Waals surface area (Å²) < 4.78 is 0. The predicted octanol–water partition coefficient (Wildman–Crippen LogP) is 2.37. The lowest BCUT2D eigenvalue weighted by atomic mass is 10.1. The highest BCUT2D eigenvalue weighted by Gasteiger charge is 2.22. The number of hydrogen-bond donors (Lipinski definition) is 2. The maximum Gasteiger partial charge on any atom is 0.166 e. The summed E-state index contributed by atoms with van der Waals surface area (Å²) in [5, 5.41) is 7.33. The quantitative estimate of drug-likeness (QED) is 0.765. The molecule has 2 nitrogen and oxygen atoms in total. The van der Waals surface area contributed by atoms with Crippen molar-refractivity contribution in [3.05, 3.63) is 35.9 Å². The van der Waals surface area contributed by atoms with Crippen molar-refractivity contribution >= 4 is 17.3 Å². The first kappa shape index (κ1) is 10.4. The maximum atomic E-state index is 5.22. The van der Waals surface area contributed by atoms with Crippen LogP contribution in [0.4, 0.5) is 0 Å². The molecule has 0 radical (unpaired) electrons. The Morgan fingerprint density at radius 1 is 1.33 bits per heavy atom. The first-order valence-electron chi connectivity index (χ1n) is 5.37. The second-order valence-electron chi connectivity index (χ2n) is 4.02. The minimum absolute atomic E-state index is 0.268. The third kappa shape index (κ3) is 3.20. The van der Waals surface area contributed by atoms with Gasteiger partial charge in [0.1, 0.15) is 0 Å². The Hall–Kier alpha value is -1.09. The van der Waals surface area contributed by atoms with Crippen LogP contribution in [0.25, 0.3) is 0 Å². The van der Waals surface area contributed by atoms with E-state index in [-0.39, 0.29) is 6.04 Å². The van der Waals surface area contributed by atoms with Crippen LogP contribution in [0, 0.1) is 0 Å². The molecular formula is C12H16N2S. The average Bonchev–Trinajstić information content (AvgIpc) is 3.03. The van der Waals surface area contributed by atoms with Crippen LogP contribution in [0.5, 0.6) is 0 Å². The zero-order valence-electron chi connectivity index (χ0n) is 8.86. The Morgan fingerprint density at radius 3 is 2.60 bits per heavy atom. The number of rotatable bonds is 3. The van der Waals surface area contributed by atoms with Gasteiger partial charge in [-0.2, -0.15) is 0 Å². The van der Waals surface area contributed by atoms with Gasteiger partial charge in [0, 0.05) is 6.04 Å². The molecule has 1 atom stereocenters. The van der Waals surface area contributed by atoms with E-state index in [2.05, 4.69) is 29.7 Å². The van der Waals surface area contributed by atoms with Gasteiger partial charge >= 0.3 is 0 Å². The molecule has 0 aromatic heterocycles. The molecule has 1 aliphatic rings. The van der Waals surface area contributed by atoms with Gasteiger partial charge in [0.25, 0.3) is 0 Å². The molecule has 0 amide bonds. The zero-order valence-corrected chi connectivity index (χ0v) is 9.68. The summed E-state index contributed by atoms with van der Waals surface area (Å²) in [6.07, 6.45) is 2.50. The Bertz CT molecular complexity index is 333. The molecule has 0 saturated heterocycles. The van der Waals surface area contributed by atoms with Crippen molar-refractivity contribution < 1.29 is 0 Å². The van der Waals surface area contributed by atoms with E-state index in [1.807, 2.05) is 18.2 Å². The van der Waals surface area contributed by atoms with E-state index in [0.717, 1.165) is 5.11 Å². The van der Waals surface area contributed by atoms with Gasteiger partial charge in [-0.1, -0.05) is 30.3 Å². The van der Waals surface area contributed by atoms with Crippen LogP contribution in [0.1, 0.15) is 31.4 Å². The van der Waals surface area contributed by atoms with Crippen molar-refractivity contribution in [1.29, 1.82) is 0 Å². The SMILES string of the molecule is C[C@H](NC(=S)NC1CC1)c1ccccc1. The summed E-state index contributed by atoms with van der Waals surface area (Å²) in [5.41, 5.74) is 1.26. The molecule has 1 fully saturated rings. The summed E-state index contributed by atoms with van der Waals surface area (Å²) in [6, 6.07) is 11.2. The summed E-state index contributed by atoms with van der Waals surface area (Å²) in [5.74, 6) is 0. The lowest BCUT2D eigenvalue weighted by Gasteiger charge is -2.16. The summed E-state index contributed by atoms with van der Waals surface area (Å²) in [4.78, 5) is 0. The van der Waals surface area contributed by atoms with E-state index in [1.165, 1.54) is 18.4 Å². The third-order valence-corrected chi connectivity index (χ3v) is 2.80. The molecule has 80 valence electrons. The van der Waals surface area contributed by atoms with E-state index >= 15 is 0 Å². The lowest BCUT2D eigenvalue weighted by Crippen LogP contribution is -2.37. The standard InChI is InChI=1S/C12H16N2S/c1-9(10-5-3-2-4-6-10)13-12(15)14-11-7-8-11/h2-6,9,11H,7-8H2,1H3,(H2,13,14,15)/t9-/m0/s1. The van der Waals surface area contributed by atoms with Crippen LogP contribution < -0.4 is 10.6 Å². The first-order chi connectivity index (χ1) is 7.25. The molecule has 1 aromatic rings. The highest BCUT2D eigenvalue weighted by molar-refractivity contribution is 7.80. The van der Waals surface area contributed by atoms with Gasteiger partial charge in [0.05, 0.1) is 6.04 Å². The number of thiocarbonyl (C=S) groups is 1. The number of benzene rings is 1. The van der Waals surface area contributed by atoms with Gasteiger partial charge in [0.2, 0.25) is 0 Å². The first-order valence-corrected chi connectivity index (χ1v) is 5.78. The van der Waals surface area contributed by atoms with E-state index in [9.17, 15) is 0 Å². The molecular weight excluding hydrogens is 204 g/mol. The van der Waals surface area contributed by atoms with Crippen molar-refractivity contribution in [3.63, 3.8) is 0 Å². The average molecular weight is 220 g/mol. The van der Waals surface area contributed by atoms with Gasteiger partial charge in [-0.3, -0.25) is 0 Å². The van der Waals surface area contributed by atoms with Gasteiger partial charge < -0.3 is 10.6 Å². The molecule has 2 rings (SSSR count). The van der Waals surface area contributed by atoms with E-state index in [1.54, 1.807) is 0 Å². The fourth-order valence-corrected chi connectivity index (χ4v) is 1.82. The van der Waals surface area contributed by atoms with E-state index in [4.69, 9.17) is 12.2 Å². The topological polar surface area (TPSA) is 24.1 Å². The van der Waals surface area contributed by atoms with Crippen LogP contribution in [-0.4, -0.2) is 11.2 Å². The highest BCUT2D eigenvalue weighted by atomic mass is 32.1. The fraction of sp³-hybridized carbons (Fsp3) is 0.417. The minimum atomic E-state index is 0.268. The fourth-order valence-electron chi connectivity index (χ4n) is 1.48. The molecule has 0 bridgehead atoms. The number of nitrogens with one attached hydrogen (secondary N) is 2. The number of hydrogen-bond acceptors (Lipinski definition) is 1. The minimum Gasteiger partial charge on any atom is -0.360 e. The Morgan fingerprint density at radius 2 is 2.00 bits per heavy atom. The largest absolute Gasteiger partial charge is 0.360 e. The van der Waals surface area contributed by atoms with Crippen molar-refractivity contribution in [2.45, 2.75) is 31.8 Å². The molecule has 3 heteroatoms. The van der Waals surface area contributed by atoms with Crippen LogP contribution in [0.2, 0.25) is 0 Å². The van der Waals surface area contributed by atoms with Crippen LogP contribution in [-0.2, 0) is 0 Å². The Kier molecular flexibility index (Phi) is 3.21. The van der Waals surface area contributed by atoms with Crippen molar-refractivity contribution in [2.24, 2.45) is 0 Å². The van der Waals surface area contributed by atoms with Crippen LogP contribution >= 0.6 is 12.2 Å². The van der Waals surface area contributed by atoms with Crippen LogP contribution in [0.15, 0.2) is 30.3 Å². The van der Waals surface area contributed by atoms with Gasteiger partial charge in [-0.15, -0.1) is 0 Å². The molecule has 15 heavy (non-hydrogen) atoms. The van der Waals surface area contributed by atoms with Crippen molar-refractivity contribution in [3.8, 4) is 0 Å². The Balaban J connectivity index is 1.85. The lowest BCUT2D eigenvalue weighted by molar-refractivity contribution is 0.697. The van der Waals surface area contributed by atoms with Gasteiger partial charge in [0.15, 0.2) is 5.11 Å². The molecule has 1 aliphatic carbocycles. The summed E-state index contributed by atoms with van der Waals surface area (Å²) in [7, 11) is 0. The van der Waals surface area contributed by atoms with Crippen LogP contribution in [0.3, 0.4) is 0 Å².